The summed E-state index contributed by atoms with van der Waals surface area (Å²) >= 11 is 13.8. The van der Waals surface area contributed by atoms with Crippen molar-refractivity contribution in [2.75, 3.05) is 10.2 Å². The highest BCUT2D eigenvalue weighted by Crippen LogP contribution is 2.43. The Labute approximate surface area is 228 Å². The molecular formula is C29H19Cl2N3O2S. The lowest BCUT2D eigenvalue weighted by atomic mass is 10.1. The van der Waals surface area contributed by atoms with Crippen LogP contribution in [0.2, 0.25) is 10.0 Å². The van der Waals surface area contributed by atoms with Gasteiger partial charge in [0.2, 0.25) is 5.91 Å². The van der Waals surface area contributed by atoms with Crippen molar-refractivity contribution in [3.05, 3.63) is 117 Å². The summed E-state index contributed by atoms with van der Waals surface area (Å²) in [6.07, 6.45) is 0.291. The topological polar surface area (TPSA) is 73.2 Å². The Morgan fingerprint density at radius 2 is 1.65 bits per heavy atom. The fourth-order valence-electron chi connectivity index (χ4n) is 4.22. The molecule has 1 atom stereocenters. The average molecular weight is 544 g/mol. The number of nitrogens with one attached hydrogen (secondary N) is 1. The van der Waals surface area contributed by atoms with E-state index in [9.17, 15) is 14.9 Å². The third-order valence-electron chi connectivity index (χ3n) is 5.99. The van der Waals surface area contributed by atoms with Gasteiger partial charge in [-0.05, 0) is 41.6 Å². The molecule has 1 N–H and O–H groups in total. The molecule has 37 heavy (non-hydrogen) atoms. The zero-order valence-electron chi connectivity index (χ0n) is 19.3. The Morgan fingerprint density at radius 1 is 0.946 bits per heavy atom. The lowest BCUT2D eigenvalue weighted by Gasteiger charge is -2.19. The molecule has 1 saturated heterocycles. The monoisotopic (exact) mass is 543 g/mol. The number of amides is 2. The van der Waals surface area contributed by atoms with Gasteiger partial charge in [0, 0.05) is 16.8 Å². The molecule has 5 rings (SSSR count). The van der Waals surface area contributed by atoms with E-state index >= 15 is 0 Å². The third-order valence-corrected chi connectivity index (χ3v) is 8.12. The predicted molar refractivity (Wildman–Crippen MR) is 151 cm³/mol. The Balaban J connectivity index is 1.54. The van der Waals surface area contributed by atoms with Gasteiger partial charge >= 0.3 is 0 Å². The van der Waals surface area contributed by atoms with Crippen LogP contribution in [-0.2, 0) is 16.0 Å². The summed E-state index contributed by atoms with van der Waals surface area (Å²) < 4.78 is 0. The van der Waals surface area contributed by atoms with Crippen molar-refractivity contribution in [2.24, 2.45) is 0 Å². The molecule has 1 aliphatic rings. The van der Waals surface area contributed by atoms with Gasteiger partial charge in [0.1, 0.15) is 16.7 Å². The molecule has 182 valence electrons. The molecule has 0 unspecified atom stereocenters. The van der Waals surface area contributed by atoms with Crippen molar-refractivity contribution in [2.45, 2.75) is 11.7 Å². The van der Waals surface area contributed by atoms with Crippen molar-refractivity contribution in [3.63, 3.8) is 0 Å². The minimum absolute atomic E-state index is 0.144. The summed E-state index contributed by atoms with van der Waals surface area (Å²) in [6.45, 7) is 0. The van der Waals surface area contributed by atoms with Crippen LogP contribution in [0.4, 0.5) is 11.4 Å². The van der Waals surface area contributed by atoms with E-state index in [-0.39, 0.29) is 16.5 Å². The highest BCUT2D eigenvalue weighted by Gasteiger charge is 2.41. The average Bonchev–Trinajstić information content (AvgIpc) is 3.23. The minimum atomic E-state index is -0.597. The summed E-state index contributed by atoms with van der Waals surface area (Å²) in [4.78, 5) is 28.5. The van der Waals surface area contributed by atoms with E-state index in [2.05, 4.69) is 5.32 Å². The Bertz CT molecular complexity index is 1590. The summed E-state index contributed by atoms with van der Waals surface area (Å²) in [5.74, 6) is -0.829. The van der Waals surface area contributed by atoms with Crippen LogP contribution in [0, 0.1) is 11.3 Å². The molecule has 0 spiro atoms. The van der Waals surface area contributed by atoms with E-state index in [1.54, 1.807) is 42.5 Å². The largest absolute Gasteiger partial charge is 0.321 e. The zero-order chi connectivity index (χ0) is 25.9. The SMILES string of the molecule is N#C/C(C(=O)Nc1cccc2ccccc12)=C1/S[C@@H](Cc2cccc(Cl)c2Cl)C(=O)N1c1ccccc1. The van der Waals surface area contributed by atoms with Gasteiger partial charge in [0.25, 0.3) is 5.91 Å². The van der Waals surface area contributed by atoms with E-state index in [1.807, 2.05) is 54.6 Å². The number of rotatable bonds is 5. The van der Waals surface area contributed by atoms with Crippen molar-refractivity contribution in [3.8, 4) is 6.07 Å². The molecule has 4 aromatic carbocycles. The minimum Gasteiger partial charge on any atom is -0.321 e. The summed E-state index contributed by atoms with van der Waals surface area (Å²) in [6, 6.07) is 29.5. The lowest BCUT2D eigenvalue weighted by Crippen LogP contribution is -2.31. The Morgan fingerprint density at radius 3 is 2.43 bits per heavy atom. The van der Waals surface area contributed by atoms with Crippen LogP contribution in [0.3, 0.4) is 0 Å². The van der Waals surface area contributed by atoms with Gasteiger partial charge < -0.3 is 5.32 Å². The number of hydrogen-bond donors (Lipinski definition) is 1. The van der Waals surface area contributed by atoms with Crippen LogP contribution >= 0.6 is 35.0 Å². The van der Waals surface area contributed by atoms with E-state index in [4.69, 9.17) is 23.2 Å². The number of fused-ring (bicyclic) bond motifs is 1. The lowest BCUT2D eigenvalue weighted by molar-refractivity contribution is -0.117. The standard InChI is InChI=1S/C29H19Cl2N3O2S/c30-23-14-6-10-19(26(23)31)16-25-28(36)34(20-11-2-1-3-12-20)29(37-25)22(17-32)27(35)33-24-15-7-9-18-8-4-5-13-21(18)24/h1-15,25H,16H2,(H,33,35)/b29-22-/t25-/m0/s1. The fourth-order valence-corrected chi connectivity index (χ4v) is 5.92. The highest BCUT2D eigenvalue weighted by atomic mass is 35.5. The van der Waals surface area contributed by atoms with Gasteiger partial charge in [0.05, 0.1) is 15.3 Å². The number of benzene rings is 4. The molecule has 1 fully saturated rings. The van der Waals surface area contributed by atoms with Gasteiger partial charge in [-0.25, -0.2) is 0 Å². The van der Waals surface area contributed by atoms with Gasteiger partial charge in [-0.15, -0.1) is 0 Å². The zero-order valence-corrected chi connectivity index (χ0v) is 21.6. The van der Waals surface area contributed by atoms with E-state index < -0.39 is 11.2 Å². The molecule has 0 saturated carbocycles. The second-order valence-electron chi connectivity index (χ2n) is 8.31. The van der Waals surface area contributed by atoms with Crippen LogP contribution in [0.15, 0.2) is 102 Å². The van der Waals surface area contributed by atoms with Crippen molar-refractivity contribution in [1.29, 1.82) is 5.26 Å². The first kappa shape index (κ1) is 24.9. The molecule has 0 bridgehead atoms. The van der Waals surface area contributed by atoms with Gasteiger partial charge in [0.15, 0.2) is 0 Å². The molecular weight excluding hydrogens is 525 g/mol. The number of carbonyl (C=O) groups excluding carboxylic acids is 2. The molecule has 0 radical (unpaired) electrons. The number of nitriles is 1. The summed E-state index contributed by atoms with van der Waals surface area (Å²) in [5, 5.41) is 15.2. The molecule has 8 heteroatoms. The second-order valence-corrected chi connectivity index (χ2v) is 10.3. The predicted octanol–water partition coefficient (Wildman–Crippen LogP) is 7.21. The van der Waals surface area contributed by atoms with Crippen LogP contribution in [0.5, 0.6) is 0 Å². The first-order valence-electron chi connectivity index (χ1n) is 11.4. The van der Waals surface area contributed by atoms with E-state index in [0.29, 0.717) is 33.4 Å². The molecule has 1 heterocycles. The Kier molecular flexibility index (Phi) is 7.20. The number of carbonyl (C=O) groups is 2. The number of thioether (sulfide) groups is 1. The number of para-hydroxylation sites is 1. The summed E-state index contributed by atoms with van der Waals surface area (Å²) in [7, 11) is 0. The normalized spacial score (nSPS) is 16.5. The van der Waals surface area contributed by atoms with Crippen LogP contribution < -0.4 is 10.2 Å². The molecule has 0 aromatic heterocycles. The van der Waals surface area contributed by atoms with E-state index in [1.165, 1.54) is 16.7 Å². The van der Waals surface area contributed by atoms with Gasteiger partial charge in [-0.1, -0.05) is 102 Å². The number of anilines is 2. The maximum atomic E-state index is 13.6. The molecule has 1 aliphatic heterocycles. The third kappa shape index (κ3) is 4.94. The molecule has 0 aliphatic carbocycles. The first-order valence-corrected chi connectivity index (χ1v) is 13.0. The quantitative estimate of drug-likeness (QED) is 0.213. The van der Waals surface area contributed by atoms with Crippen LogP contribution in [0.25, 0.3) is 10.8 Å². The van der Waals surface area contributed by atoms with Crippen LogP contribution in [0.1, 0.15) is 5.56 Å². The molecule has 4 aromatic rings. The Hall–Kier alpha value is -3.76. The number of nitrogens with zero attached hydrogens (tertiary/aromatic N) is 2. The number of halogens is 2. The van der Waals surface area contributed by atoms with Crippen molar-refractivity contribution >= 4 is 68.9 Å². The smallest absolute Gasteiger partial charge is 0.269 e. The second kappa shape index (κ2) is 10.7. The van der Waals surface area contributed by atoms with Crippen molar-refractivity contribution in [1.82, 2.24) is 0 Å². The van der Waals surface area contributed by atoms with Crippen molar-refractivity contribution < 1.29 is 9.59 Å². The van der Waals surface area contributed by atoms with Crippen LogP contribution in [-0.4, -0.2) is 17.1 Å². The molecule has 5 nitrogen and oxygen atoms in total. The maximum absolute atomic E-state index is 13.6. The van der Waals surface area contributed by atoms with E-state index in [0.717, 1.165) is 10.8 Å². The first-order chi connectivity index (χ1) is 18.0. The summed E-state index contributed by atoms with van der Waals surface area (Å²) in [5.41, 5.74) is 1.72. The fraction of sp³-hybridized carbons (Fsp3) is 0.0690. The van der Waals surface area contributed by atoms with Gasteiger partial charge in [-0.3, -0.25) is 14.5 Å². The molecule has 2 amide bonds. The maximum Gasteiger partial charge on any atom is 0.269 e. The van der Waals surface area contributed by atoms with Gasteiger partial charge in [-0.2, -0.15) is 5.26 Å². The highest BCUT2D eigenvalue weighted by molar-refractivity contribution is 8.05. The number of hydrogen-bond acceptors (Lipinski definition) is 4.